The van der Waals surface area contributed by atoms with Crippen molar-refractivity contribution in [1.29, 1.82) is 0 Å². The summed E-state index contributed by atoms with van der Waals surface area (Å²) >= 11 is 0. The summed E-state index contributed by atoms with van der Waals surface area (Å²) in [7, 11) is 1.71. The highest BCUT2D eigenvalue weighted by Gasteiger charge is 2.15. The van der Waals surface area contributed by atoms with Crippen LogP contribution in [0.1, 0.15) is 33.6 Å². The number of ether oxygens (including phenoxy) is 4. The van der Waals surface area contributed by atoms with E-state index >= 15 is 0 Å². The third-order valence-electron chi connectivity index (χ3n) is 2.74. The van der Waals surface area contributed by atoms with E-state index in [2.05, 4.69) is 26.1 Å². The van der Waals surface area contributed by atoms with Gasteiger partial charge in [0.05, 0.1) is 39.6 Å². The molecule has 20 heavy (non-hydrogen) atoms. The zero-order valence-electron chi connectivity index (χ0n) is 13.7. The van der Waals surface area contributed by atoms with Gasteiger partial charge >= 0.3 is 0 Å². The Labute approximate surface area is 124 Å². The summed E-state index contributed by atoms with van der Waals surface area (Å²) < 4.78 is 21.4. The van der Waals surface area contributed by atoms with Crippen LogP contribution in [0, 0.1) is 0 Å². The fourth-order valence-electron chi connectivity index (χ4n) is 1.66. The Bertz CT molecular complexity index is 200. The number of hydrogen-bond donors (Lipinski definition) is 1. The summed E-state index contributed by atoms with van der Waals surface area (Å²) in [5.74, 6) is 0. The number of methoxy groups -OCH3 is 1. The van der Waals surface area contributed by atoms with Gasteiger partial charge in [-0.3, -0.25) is 0 Å². The lowest BCUT2D eigenvalue weighted by Crippen LogP contribution is -2.44. The SMILES string of the molecule is CCCCOCCOCCOCCNC(C)(C)COC. The number of hydrogen-bond acceptors (Lipinski definition) is 5. The van der Waals surface area contributed by atoms with Crippen LogP contribution < -0.4 is 5.32 Å². The first kappa shape index (κ1) is 19.8. The van der Waals surface area contributed by atoms with Gasteiger partial charge in [0.25, 0.3) is 0 Å². The van der Waals surface area contributed by atoms with Crippen molar-refractivity contribution >= 4 is 0 Å². The summed E-state index contributed by atoms with van der Waals surface area (Å²) in [6, 6.07) is 0. The van der Waals surface area contributed by atoms with Crippen molar-refractivity contribution in [3.8, 4) is 0 Å². The molecule has 0 aliphatic rings. The second kappa shape index (κ2) is 13.8. The zero-order valence-corrected chi connectivity index (χ0v) is 13.7. The van der Waals surface area contributed by atoms with E-state index < -0.39 is 0 Å². The Balaban J connectivity index is 3.13. The van der Waals surface area contributed by atoms with Gasteiger partial charge in [-0.05, 0) is 20.3 Å². The number of nitrogens with one attached hydrogen (secondary N) is 1. The standard InChI is InChI=1S/C15H33NO4/c1-5-6-8-18-10-12-20-13-11-19-9-7-16-15(2,3)14-17-4/h16H,5-14H2,1-4H3. The monoisotopic (exact) mass is 291 g/mol. The van der Waals surface area contributed by atoms with Crippen LogP contribution in [0.2, 0.25) is 0 Å². The molecule has 0 atom stereocenters. The van der Waals surface area contributed by atoms with Crippen LogP contribution in [-0.2, 0) is 18.9 Å². The molecule has 5 nitrogen and oxygen atoms in total. The molecule has 5 heteroatoms. The molecule has 0 aliphatic heterocycles. The van der Waals surface area contributed by atoms with E-state index in [-0.39, 0.29) is 5.54 Å². The molecule has 0 unspecified atom stereocenters. The second-order valence-corrected chi connectivity index (χ2v) is 5.43. The van der Waals surface area contributed by atoms with Gasteiger partial charge in [0.15, 0.2) is 0 Å². The molecule has 0 aliphatic carbocycles. The molecule has 0 amide bonds. The molecule has 0 rings (SSSR count). The molecular weight excluding hydrogens is 258 g/mol. The molecule has 0 heterocycles. The first-order chi connectivity index (χ1) is 9.62. The summed E-state index contributed by atoms with van der Waals surface area (Å²) in [6.07, 6.45) is 2.29. The zero-order chi connectivity index (χ0) is 15.1. The maximum atomic E-state index is 5.48. The van der Waals surface area contributed by atoms with Crippen LogP contribution in [0.5, 0.6) is 0 Å². The van der Waals surface area contributed by atoms with Crippen molar-refractivity contribution in [2.24, 2.45) is 0 Å². The topological polar surface area (TPSA) is 49.0 Å². The van der Waals surface area contributed by atoms with Gasteiger partial charge in [-0.15, -0.1) is 0 Å². The molecule has 0 aromatic carbocycles. The minimum absolute atomic E-state index is 0.00949. The molecule has 0 spiro atoms. The Morgan fingerprint density at radius 1 is 0.850 bits per heavy atom. The Hall–Kier alpha value is -0.200. The van der Waals surface area contributed by atoms with E-state index in [1.54, 1.807) is 7.11 Å². The van der Waals surface area contributed by atoms with Gasteiger partial charge in [0.1, 0.15) is 0 Å². The molecule has 0 radical (unpaired) electrons. The van der Waals surface area contributed by atoms with Crippen molar-refractivity contribution in [1.82, 2.24) is 5.32 Å². The predicted molar refractivity (Wildman–Crippen MR) is 81.3 cm³/mol. The van der Waals surface area contributed by atoms with E-state index in [4.69, 9.17) is 18.9 Å². The smallest absolute Gasteiger partial charge is 0.0701 e. The van der Waals surface area contributed by atoms with Crippen molar-refractivity contribution < 1.29 is 18.9 Å². The normalized spacial score (nSPS) is 12.0. The average molecular weight is 291 g/mol. The van der Waals surface area contributed by atoms with E-state index in [1.807, 2.05) is 0 Å². The van der Waals surface area contributed by atoms with Crippen LogP contribution in [-0.4, -0.2) is 65.4 Å². The Morgan fingerprint density at radius 3 is 1.95 bits per heavy atom. The summed E-state index contributed by atoms with van der Waals surface area (Å²) in [5, 5.41) is 3.38. The molecule has 0 saturated heterocycles. The van der Waals surface area contributed by atoms with Crippen LogP contribution >= 0.6 is 0 Å². The minimum Gasteiger partial charge on any atom is -0.383 e. The quantitative estimate of drug-likeness (QED) is 0.467. The third-order valence-corrected chi connectivity index (χ3v) is 2.74. The maximum Gasteiger partial charge on any atom is 0.0701 e. The third kappa shape index (κ3) is 14.2. The highest BCUT2D eigenvalue weighted by molar-refractivity contribution is 4.76. The summed E-state index contributed by atoms with van der Waals surface area (Å²) in [4.78, 5) is 0. The van der Waals surface area contributed by atoms with E-state index in [0.29, 0.717) is 39.6 Å². The van der Waals surface area contributed by atoms with Gasteiger partial charge in [-0.25, -0.2) is 0 Å². The molecular formula is C15H33NO4. The highest BCUT2D eigenvalue weighted by Crippen LogP contribution is 2.00. The number of rotatable bonds is 15. The molecule has 0 fully saturated rings. The van der Waals surface area contributed by atoms with Crippen LogP contribution in [0.4, 0.5) is 0 Å². The Kier molecular flexibility index (Phi) is 13.6. The second-order valence-electron chi connectivity index (χ2n) is 5.43. The lowest BCUT2D eigenvalue weighted by molar-refractivity contribution is 0.0133. The van der Waals surface area contributed by atoms with Crippen molar-refractivity contribution in [3.05, 3.63) is 0 Å². The van der Waals surface area contributed by atoms with Gasteiger partial charge < -0.3 is 24.3 Å². The molecule has 0 aromatic rings. The highest BCUT2D eigenvalue weighted by atomic mass is 16.5. The minimum atomic E-state index is -0.00949. The van der Waals surface area contributed by atoms with Crippen LogP contribution in [0.3, 0.4) is 0 Å². The van der Waals surface area contributed by atoms with Gasteiger partial charge in [0, 0.05) is 25.8 Å². The lowest BCUT2D eigenvalue weighted by atomic mass is 10.1. The van der Waals surface area contributed by atoms with E-state index in [0.717, 1.165) is 19.6 Å². The summed E-state index contributed by atoms with van der Waals surface area (Å²) in [5.41, 5.74) is -0.00949. The average Bonchev–Trinajstić information content (AvgIpc) is 2.40. The van der Waals surface area contributed by atoms with Crippen LogP contribution in [0.25, 0.3) is 0 Å². The fourth-order valence-corrected chi connectivity index (χ4v) is 1.66. The molecule has 122 valence electrons. The first-order valence-corrected chi connectivity index (χ1v) is 7.59. The molecule has 0 bridgehead atoms. The van der Waals surface area contributed by atoms with E-state index in [1.165, 1.54) is 6.42 Å². The first-order valence-electron chi connectivity index (χ1n) is 7.59. The lowest BCUT2D eigenvalue weighted by Gasteiger charge is -2.25. The number of unbranched alkanes of at least 4 members (excludes halogenated alkanes) is 1. The predicted octanol–water partition coefficient (Wildman–Crippen LogP) is 1.85. The maximum absolute atomic E-state index is 5.48. The fraction of sp³-hybridized carbons (Fsp3) is 1.00. The van der Waals surface area contributed by atoms with E-state index in [9.17, 15) is 0 Å². The molecule has 1 N–H and O–H groups in total. The van der Waals surface area contributed by atoms with Gasteiger partial charge in [-0.2, -0.15) is 0 Å². The van der Waals surface area contributed by atoms with Crippen molar-refractivity contribution in [2.75, 3.05) is 59.9 Å². The van der Waals surface area contributed by atoms with Crippen molar-refractivity contribution in [2.45, 2.75) is 39.2 Å². The van der Waals surface area contributed by atoms with Gasteiger partial charge in [-0.1, -0.05) is 13.3 Å². The Morgan fingerprint density at radius 2 is 1.40 bits per heavy atom. The molecule has 0 saturated carbocycles. The largest absolute Gasteiger partial charge is 0.383 e. The van der Waals surface area contributed by atoms with Crippen LogP contribution in [0.15, 0.2) is 0 Å². The van der Waals surface area contributed by atoms with Crippen molar-refractivity contribution in [3.63, 3.8) is 0 Å². The van der Waals surface area contributed by atoms with Gasteiger partial charge in [0.2, 0.25) is 0 Å². The summed E-state index contributed by atoms with van der Waals surface area (Å²) in [6.45, 7) is 12.0. The molecule has 0 aromatic heterocycles.